The van der Waals surface area contributed by atoms with Crippen LogP contribution in [0.5, 0.6) is 0 Å². The lowest BCUT2D eigenvalue weighted by Crippen LogP contribution is -2.31. The van der Waals surface area contributed by atoms with Gasteiger partial charge in [-0.1, -0.05) is 39.0 Å². The number of hydrogen-bond acceptors (Lipinski definition) is 4. The van der Waals surface area contributed by atoms with Crippen LogP contribution in [0, 0.1) is 12.3 Å². The van der Waals surface area contributed by atoms with Gasteiger partial charge in [-0.25, -0.2) is 9.98 Å². The Labute approximate surface area is 171 Å². The fourth-order valence-corrected chi connectivity index (χ4v) is 4.18. The molecule has 3 rings (SSSR count). The second-order valence-corrected chi connectivity index (χ2v) is 9.82. The molecule has 0 radical (unpaired) electrons. The summed E-state index contributed by atoms with van der Waals surface area (Å²) in [4.78, 5) is 14.0. The average Bonchev–Trinajstić information content (AvgIpc) is 3.04. The molecule has 0 saturated carbocycles. The molecular weight excluding hydrogens is 366 g/mol. The first-order valence-corrected chi connectivity index (χ1v) is 10.4. The van der Waals surface area contributed by atoms with Gasteiger partial charge in [0.05, 0.1) is 16.7 Å². The van der Waals surface area contributed by atoms with E-state index in [1.807, 2.05) is 30.5 Å². The van der Waals surface area contributed by atoms with E-state index in [-0.39, 0.29) is 11.0 Å². The second kappa shape index (κ2) is 7.87. The number of thiazole rings is 1. The molecule has 3 aromatic rings. The zero-order valence-corrected chi connectivity index (χ0v) is 18.3. The van der Waals surface area contributed by atoms with Gasteiger partial charge in [-0.15, -0.1) is 11.3 Å². The van der Waals surface area contributed by atoms with E-state index in [9.17, 15) is 0 Å². The fourth-order valence-electron chi connectivity index (χ4n) is 3.65. The first kappa shape index (κ1) is 20.3. The minimum absolute atomic E-state index is 0.180. The van der Waals surface area contributed by atoms with Crippen LogP contribution < -0.4 is 10.6 Å². The summed E-state index contributed by atoms with van der Waals surface area (Å²) in [5.41, 5.74) is 2.86. The van der Waals surface area contributed by atoms with E-state index in [1.165, 1.54) is 0 Å². The number of para-hydroxylation sites is 1. The smallest absolute Gasteiger partial charge is 0.202 e. The average molecular weight is 396 g/mol. The minimum Gasteiger partial charge on any atom is -0.325 e. The molecule has 0 bridgehead atoms. The Kier molecular flexibility index (Phi) is 5.70. The Morgan fingerprint density at radius 1 is 1.11 bits per heavy atom. The summed E-state index contributed by atoms with van der Waals surface area (Å²) in [6.07, 6.45) is 2.75. The molecule has 0 aliphatic heterocycles. The molecule has 0 spiro atoms. The molecule has 0 saturated heterocycles. The largest absolute Gasteiger partial charge is 0.325 e. The lowest BCUT2D eigenvalue weighted by molar-refractivity contribution is 0.288. The fraction of sp³-hybridized carbons (Fsp3) is 0.409. The van der Waals surface area contributed by atoms with Gasteiger partial charge in [0.15, 0.2) is 5.13 Å². The Balaban J connectivity index is 1.99. The maximum atomic E-state index is 5.04. The standard InChI is InChI=1S/C22H29N5S/c1-15-13-18(16-9-7-8-10-17(16)24-15)25-19(26-20-23-11-12-28-20)27-22(5,6)14-21(2,3)4/h7-13H,14H2,1-6H3,(H2,23,24,25,26,27). The van der Waals surface area contributed by atoms with Gasteiger partial charge in [0.2, 0.25) is 5.96 Å². The van der Waals surface area contributed by atoms with Crippen molar-refractivity contribution in [2.45, 2.75) is 53.5 Å². The second-order valence-electron chi connectivity index (χ2n) is 8.93. The van der Waals surface area contributed by atoms with E-state index in [4.69, 9.17) is 4.99 Å². The summed E-state index contributed by atoms with van der Waals surface area (Å²) in [6, 6.07) is 10.2. The third kappa shape index (κ3) is 5.52. The van der Waals surface area contributed by atoms with Crippen molar-refractivity contribution in [2.75, 3.05) is 10.6 Å². The molecule has 0 atom stereocenters. The molecule has 28 heavy (non-hydrogen) atoms. The molecule has 0 fully saturated rings. The van der Waals surface area contributed by atoms with Crippen LogP contribution >= 0.6 is 11.3 Å². The minimum atomic E-state index is -0.233. The number of guanidine groups is 1. The Hall–Kier alpha value is -2.47. The van der Waals surface area contributed by atoms with E-state index in [2.05, 4.69) is 67.4 Å². The highest BCUT2D eigenvalue weighted by molar-refractivity contribution is 7.13. The molecule has 1 aromatic carbocycles. The third-order valence-corrected chi connectivity index (χ3v) is 4.82. The van der Waals surface area contributed by atoms with Gasteiger partial charge in [-0.2, -0.15) is 0 Å². The number of nitrogens with zero attached hydrogens (tertiary/aromatic N) is 3. The number of aryl methyl sites for hydroxylation is 1. The lowest BCUT2D eigenvalue weighted by atomic mass is 9.82. The lowest BCUT2D eigenvalue weighted by Gasteiger charge is -2.30. The van der Waals surface area contributed by atoms with Gasteiger partial charge in [0.1, 0.15) is 0 Å². The Bertz CT molecular complexity index is 968. The highest BCUT2D eigenvalue weighted by atomic mass is 32.1. The molecule has 148 valence electrons. The summed E-state index contributed by atoms with van der Waals surface area (Å²) in [7, 11) is 0. The van der Waals surface area contributed by atoms with Crippen LogP contribution in [0.3, 0.4) is 0 Å². The molecule has 2 N–H and O–H groups in total. The first-order chi connectivity index (χ1) is 13.1. The number of anilines is 2. The Morgan fingerprint density at radius 2 is 1.86 bits per heavy atom. The summed E-state index contributed by atoms with van der Waals surface area (Å²) in [5.74, 6) is 0.694. The number of fused-ring (bicyclic) bond motifs is 1. The number of rotatable bonds is 4. The summed E-state index contributed by atoms with van der Waals surface area (Å²) in [5, 5.41) is 10.7. The highest BCUT2D eigenvalue weighted by Crippen LogP contribution is 2.30. The van der Waals surface area contributed by atoms with Crippen molar-refractivity contribution in [3.8, 4) is 0 Å². The molecule has 2 aromatic heterocycles. The van der Waals surface area contributed by atoms with Crippen LogP contribution in [-0.4, -0.2) is 21.5 Å². The first-order valence-electron chi connectivity index (χ1n) is 9.51. The topological polar surface area (TPSA) is 62.2 Å². The monoisotopic (exact) mass is 395 g/mol. The number of pyridine rings is 1. The molecule has 0 amide bonds. The van der Waals surface area contributed by atoms with E-state index in [1.54, 1.807) is 17.5 Å². The van der Waals surface area contributed by atoms with Crippen LogP contribution in [0.25, 0.3) is 10.9 Å². The number of benzene rings is 1. The van der Waals surface area contributed by atoms with Crippen LogP contribution in [0.1, 0.15) is 46.7 Å². The van der Waals surface area contributed by atoms with Crippen LogP contribution in [0.4, 0.5) is 10.8 Å². The van der Waals surface area contributed by atoms with Gasteiger partial charge >= 0.3 is 0 Å². The molecule has 0 unspecified atom stereocenters. The quantitative estimate of drug-likeness (QED) is 0.414. The van der Waals surface area contributed by atoms with Crippen LogP contribution in [-0.2, 0) is 0 Å². The number of aromatic nitrogens is 2. The van der Waals surface area contributed by atoms with E-state index >= 15 is 0 Å². The van der Waals surface area contributed by atoms with Crippen molar-refractivity contribution in [1.82, 2.24) is 9.97 Å². The zero-order chi connectivity index (χ0) is 20.4. The van der Waals surface area contributed by atoms with Crippen molar-refractivity contribution in [3.63, 3.8) is 0 Å². The third-order valence-electron chi connectivity index (χ3n) is 4.13. The SMILES string of the molecule is Cc1cc(NC(=NC(C)(C)CC(C)(C)C)Nc2nccs2)c2ccccc2n1. The molecule has 2 heterocycles. The van der Waals surface area contributed by atoms with E-state index < -0.39 is 0 Å². The molecule has 5 nitrogen and oxygen atoms in total. The van der Waals surface area contributed by atoms with Crippen LogP contribution in [0.2, 0.25) is 0 Å². The zero-order valence-electron chi connectivity index (χ0n) is 17.5. The number of hydrogen-bond donors (Lipinski definition) is 2. The van der Waals surface area contributed by atoms with Crippen molar-refractivity contribution >= 4 is 39.0 Å². The normalized spacial score (nSPS) is 13.0. The summed E-state index contributed by atoms with van der Waals surface area (Å²) >= 11 is 1.55. The molecule has 0 aliphatic carbocycles. The highest BCUT2D eigenvalue weighted by Gasteiger charge is 2.26. The maximum Gasteiger partial charge on any atom is 0.202 e. The molecule has 0 aliphatic rings. The van der Waals surface area contributed by atoms with Crippen LogP contribution in [0.15, 0.2) is 46.9 Å². The summed E-state index contributed by atoms with van der Waals surface area (Å²) < 4.78 is 0. The van der Waals surface area contributed by atoms with Gasteiger partial charge in [0, 0.05) is 22.7 Å². The van der Waals surface area contributed by atoms with Gasteiger partial charge < -0.3 is 10.6 Å². The van der Waals surface area contributed by atoms with Crippen molar-refractivity contribution in [3.05, 3.63) is 47.6 Å². The van der Waals surface area contributed by atoms with Crippen molar-refractivity contribution in [2.24, 2.45) is 10.4 Å². The van der Waals surface area contributed by atoms with Crippen molar-refractivity contribution in [1.29, 1.82) is 0 Å². The molecular formula is C22H29N5S. The predicted octanol–water partition coefficient (Wildman–Crippen LogP) is 6.09. The molecule has 6 heteroatoms. The van der Waals surface area contributed by atoms with Gasteiger partial charge in [-0.05, 0) is 44.7 Å². The van der Waals surface area contributed by atoms with E-state index in [0.29, 0.717) is 5.96 Å². The number of nitrogens with one attached hydrogen (secondary N) is 2. The van der Waals surface area contributed by atoms with Gasteiger partial charge in [0.25, 0.3) is 0 Å². The van der Waals surface area contributed by atoms with Gasteiger partial charge in [-0.3, -0.25) is 4.98 Å². The van der Waals surface area contributed by atoms with E-state index in [0.717, 1.165) is 33.8 Å². The number of aliphatic imine (C=N–C) groups is 1. The summed E-state index contributed by atoms with van der Waals surface area (Å²) in [6.45, 7) is 13.1. The Morgan fingerprint density at radius 3 is 2.54 bits per heavy atom. The predicted molar refractivity (Wildman–Crippen MR) is 121 cm³/mol. The maximum absolute atomic E-state index is 5.04. The van der Waals surface area contributed by atoms with Crippen molar-refractivity contribution < 1.29 is 0 Å².